The Balaban J connectivity index is 1.71. The van der Waals surface area contributed by atoms with E-state index in [-0.39, 0.29) is 0 Å². The average Bonchev–Trinajstić information content (AvgIpc) is 2.66. The van der Waals surface area contributed by atoms with E-state index in [2.05, 4.69) is 20.5 Å². The molecule has 0 atom stereocenters. The predicted octanol–water partition coefficient (Wildman–Crippen LogP) is 1.54. The molecule has 1 aromatic rings. The fourth-order valence-electron chi connectivity index (χ4n) is 2.41. The molecule has 2 aliphatic rings. The third kappa shape index (κ3) is 1.78. The third-order valence-electron chi connectivity index (χ3n) is 3.72. The van der Waals surface area contributed by atoms with Gasteiger partial charge in [-0.15, -0.1) is 0 Å². The molecule has 4 nitrogen and oxygen atoms in total. The van der Waals surface area contributed by atoms with E-state index in [1.165, 1.54) is 32.1 Å². The highest BCUT2D eigenvalue weighted by atomic mass is 15.2. The van der Waals surface area contributed by atoms with Crippen LogP contribution in [0.15, 0.2) is 0 Å². The van der Waals surface area contributed by atoms with Crippen molar-refractivity contribution in [2.45, 2.75) is 43.9 Å². The van der Waals surface area contributed by atoms with E-state index in [1.54, 1.807) is 0 Å². The van der Waals surface area contributed by atoms with Crippen LogP contribution in [-0.4, -0.2) is 28.3 Å². The molecular formula is C11H18N4. The van der Waals surface area contributed by atoms with Gasteiger partial charge in [-0.1, -0.05) is 6.42 Å². The Labute approximate surface area is 89.9 Å². The molecular weight excluding hydrogens is 188 g/mol. The first-order valence-corrected chi connectivity index (χ1v) is 6.06. The van der Waals surface area contributed by atoms with E-state index in [0.29, 0.717) is 11.8 Å². The van der Waals surface area contributed by atoms with Gasteiger partial charge >= 0.3 is 0 Å². The van der Waals surface area contributed by atoms with Gasteiger partial charge in [-0.2, -0.15) is 5.10 Å². The SMILES string of the molecule is C1CC(c2n[nH]c(C3CCNCC3)n2)C1. The van der Waals surface area contributed by atoms with Crippen LogP contribution in [0.2, 0.25) is 0 Å². The van der Waals surface area contributed by atoms with Crippen LogP contribution < -0.4 is 5.32 Å². The van der Waals surface area contributed by atoms with Gasteiger partial charge in [0.1, 0.15) is 5.82 Å². The molecule has 0 radical (unpaired) electrons. The molecule has 2 N–H and O–H groups in total. The minimum Gasteiger partial charge on any atom is -0.317 e. The van der Waals surface area contributed by atoms with Crippen LogP contribution in [0.1, 0.15) is 55.6 Å². The van der Waals surface area contributed by atoms with Gasteiger partial charge in [0.05, 0.1) is 0 Å². The summed E-state index contributed by atoms with van der Waals surface area (Å²) in [5, 5.41) is 10.9. The van der Waals surface area contributed by atoms with Crippen molar-refractivity contribution in [3.8, 4) is 0 Å². The molecule has 1 saturated heterocycles. The quantitative estimate of drug-likeness (QED) is 0.771. The van der Waals surface area contributed by atoms with Crippen LogP contribution in [0.25, 0.3) is 0 Å². The maximum absolute atomic E-state index is 4.66. The monoisotopic (exact) mass is 206 g/mol. The second-order valence-electron chi connectivity index (χ2n) is 4.73. The lowest BCUT2D eigenvalue weighted by molar-refractivity contribution is 0.401. The highest BCUT2D eigenvalue weighted by Gasteiger charge is 2.25. The largest absolute Gasteiger partial charge is 0.317 e. The smallest absolute Gasteiger partial charge is 0.153 e. The summed E-state index contributed by atoms with van der Waals surface area (Å²) in [5.74, 6) is 3.44. The van der Waals surface area contributed by atoms with E-state index in [4.69, 9.17) is 0 Å². The van der Waals surface area contributed by atoms with Crippen molar-refractivity contribution < 1.29 is 0 Å². The Morgan fingerprint density at radius 2 is 1.80 bits per heavy atom. The van der Waals surface area contributed by atoms with E-state index < -0.39 is 0 Å². The van der Waals surface area contributed by atoms with Crippen molar-refractivity contribution in [1.29, 1.82) is 0 Å². The van der Waals surface area contributed by atoms with Crippen LogP contribution >= 0.6 is 0 Å². The molecule has 0 amide bonds. The Morgan fingerprint density at radius 1 is 1.00 bits per heavy atom. The standard InChI is InChI=1S/C11H18N4/c1-2-8(3-1)10-13-11(15-14-10)9-4-6-12-7-5-9/h8-9,12H,1-7H2,(H,13,14,15). The number of H-pyrrole nitrogens is 1. The Hall–Kier alpha value is -0.900. The molecule has 2 fully saturated rings. The summed E-state index contributed by atoms with van der Waals surface area (Å²) in [6.07, 6.45) is 6.30. The topological polar surface area (TPSA) is 53.6 Å². The lowest BCUT2D eigenvalue weighted by atomic mass is 9.85. The molecule has 15 heavy (non-hydrogen) atoms. The second-order valence-corrected chi connectivity index (χ2v) is 4.73. The van der Waals surface area contributed by atoms with Gasteiger partial charge in [0, 0.05) is 11.8 Å². The number of rotatable bonds is 2. The van der Waals surface area contributed by atoms with Crippen molar-refractivity contribution >= 4 is 0 Å². The number of aromatic nitrogens is 3. The van der Waals surface area contributed by atoms with E-state index in [9.17, 15) is 0 Å². The maximum atomic E-state index is 4.66. The van der Waals surface area contributed by atoms with Crippen molar-refractivity contribution in [3.63, 3.8) is 0 Å². The van der Waals surface area contributed by atoms with Crippen molar-refractivity contribution in [3.05, 3.63) is 11.6 Å². The Bertz CT molecular complexity index is 323. The van der Waals surface area contributed by atoms with Crippen molar-refractivity contribution in [2.75, 3.05) is 13.1 Å². The second kappa shape index (κ2) is 3.93. The van der Waals surface area contributed by atoms with Gasteiger partial charge in [-0.3, -0.25) is 5.10 Å². The van der Waals surface area contributed by atoms with Gasteiger partial charge < -0.3 is 5.32 Å². The Morgan fingerprint density at radius 3 is 2.47 bits per heavy atom. The minimum atomic E-state index is 0.604. The summed E-state index contributed by atoms with van der Waals surface area (Å²) in [5.41, 5.74) is 0. The fourth-order valence-corrected chi connectivity index (χ4v) is 2.41. The molecule has 1 aromatic heterocycles. The van der Waals surface area contributed by atoms with Gasteiger partial charge in [0.25, 0.3) is 0 Å². The molecule has 0 unspecified atom stereocenters. The van der Waals surface area contributed by atoms with E-state index >= 15 is 0 Å². The predicted molar refractivity (Wildman–Crippen MR) is 57.8 cm³/mol. The zero-order valence-corrected chi connectivity index (χ0v) is 9.00. The molecule has 0 spiro atoms. The summed E-state index contributed by atoms with van der Waals surface area (Å²) >= 11 is 0. The first-order chi connectivity index (χ1) is 7.43. The lowest BCUT2D eigenvalue weighted by Crippen LogP contribution is -2.27. The first-order valence-electron chi connectivity index (χ1n) is 6.06. The molecule has 4 heteroatoms. The fraction of sp³-hybridized carbons (Fsp3) is 0.818. The van der Waals surface area contributed by atoms with Crippen molar-refractivity contribution in [1.82, 2.24) is 20.5 Å². The highest BCUT2D eigenvalue weighted by molar-refractivity contribution is 5.05. The number of hydrogen-bond acceptors (Lipinski definition) is 3. The zero-order valence-electron chi connectivity index (χ0n) is 9.00. The highest BCUT2D eigenvalue weighted by Crippen LogP contribution is 2.35. The van der Waals surface area contributed by atoms with E-state index in [0.717, 1.165) is 24.7 Å². The molecule has 82 valence electrons. The zero-order chi connectivity index (χ0) is 10.1. The lowest BCUT2D eigenvalue weighted by Gasteiger charge is -2.22. The minimum absolute atomic E-state index is 0.604. The van der Waals surface area contributed by atoms with Gasteiger partial charge in [0.2, 0.25) is 0 Å². The number of hydrogen-bond donors (Lipinski definition) is 2. The number of aromatic amines is 1. The van der Waals surface area contributed by atoms with Gasteiger partial charge in [0.15, 0.2) is 5.82 Å². The van der Waals surface area contributed by atoms with Gasteiger partial charge in [-0.25, -0.2) is 4.98 Å². The van der Waals surface area contributed by atoms with Crippen LogP contribution in [0.5, 0.6) is 0 Å². The van der Waals surface area contributed by atoms with Crippen LogP contribution in [0.3, 0.4) is 0 Å². The van der Waals surface area contributed by atoms with Crippen LogP contribution in [0.4, 0.5) is 0 Å². The van der Waals surface area contributed by atoms with Crippen LogP contribution in [0, 0.1) is 0 Å². The normalized spacial score (nSPS) is 24.0. The molecule has 3 rings (SSSR count). The number of piperidine rings is 1. The summed E-state index contributed by atoms with van der Waals surface area (Å²) in [4.78, 5) is 4.66. The van der Waals surface area contributed by atoms with Gasteiger partial charge in [-0.05, 0) is 38.8 Å². The number of nitrogens with one attached hydrogen (secondary N) is 2. The maximum Gasteiger partial charge on any atom is 0.153 e. The molecule has 1 aliphatic heterocycles. The first kappa shape index (κ1) is 9.33. The third-order valence-corrected chi connectivity index (χ3v) is 3.72. The average molecular weight is 206 g/mol. The summed E-state index contributed by atoms with van der Waals surface area (Å²) in [6.45, 7) is 2.23. The summed E-state index contributed by atoms with van der Waals surface area (Å²) in [7, 11) is 0. The van der Waals surface area contributed by atoms with Crippen LogP contribution in [-0.2, 0) is 0 Å². The molecule has 0 bridgehead atoms. The Kier molecular flexibility index (Phi) is 2.44. The summed E-state index contributed by atoms with van der Waals surface area (Å²) < 4.78 is 0. The number of nitrogens with zero attached hydrogens (tertiary/aromatic N) is 2. The van der Waals surface area contributed by atoms with Crippen molar-refractivity contribution in [2.24, 2.45) is 0 Å². The molecule has 0 aromatic carbocycles. The molecule has 2 heterocycles. The summed E-state index contributed by atoms with van der Waals surface area (Å²) in [6, 6.07) is 0. The van der Waals surface area contributed by atoms with E-state index in [1.807, 2.05) is 0 Å². The molecule has 1 saturated carbocycles. The molecule has 1 aliphatic carbocycles.